The lowest BCUT2D eigenvalue weighted by Gasteiger charge is -2.01. The first kappa shape index (κ1) is 9.31. The molecule has 0 fully saturated rings. The minimum absolute atomic E-state index is 0.300. The molecule has 0 radical (unpaired) electrons. The molecule has 0 saturated heterocycles. The molecule has 0 aromatic heterocycles. The van der Waals surface area contributed by atoms with Crippen molar-refractivity contribution < 1.29 is 9.59 Å². The van der Waals surface area contributed by atoms with Crippen LogP contribution in [0.3, 0.4) is 0 Å². The third-order valence-electron chi connectivity index (χ3n) is 1.65. The van der Waals surface area contributed by atoms with Crippen molar-refractivity contribution in [3.63, 3.8) is 0 Å². The smallest absolute Gasteiger partial charge is 0.248 e. The average Bonchev–Trinajstić information content (AvgIpc) is 2.03. The van der Waals surface area contributed by atoms with Gasteiger partial charge in [-0.3, -0.25) is 9.59 Å². The van der Waals surface area contributed by atoms with E-state index in [1.807, 2.05) is 0 Å². The van der Waals surface area contributed by atoms with Gasteiger partial charge in [0.1, 0.15) is 7.85 Å². The molecule has 0 atom stereocenters. The molecule has 0 aliphatic carbocycles. The first-order valence-electron chi connectivity index (χ1n) is 3.72. The van der Waals surface area contributed by atoms with Gasteiger partial charge in [0.25, 0.3) is 0 Å². The van der Waals surface area contributed by atoms with Crippen molar-refractivity contribution in [3.05, 3.63) is 29.3 Å². The maximum absolute atomic E-state index is 10.8. The Morgan fingerprint density at radius 1 is 1.00 bits per heavy atom. The third-order valence-corrected chi connectivity index (χ3v) is 1.65. The summed E-state index contributed by atoms with van der Waals surface area (Å²) in [6, 6.07) is 4.60. The van der Waals surface area contributed by atoms with E-state index in [0.717, 1.165) is 5.46 Å². The molecule has 0 aliphatic rings. The van der Waals surface area contributed by atoms with Crippen LogP contribution < -0.4 is 16.9 Å². The zero-order valence-electron chi connectivity index (χ0n) is 7.20. The van der Waals surface area contributed by atoms with Crippen molar-refractivity contribution in [1.29, 1.82) is 0 Å². The fraction of sp³-hybridized carbons (Fsp3) is 0. The van der Waals surface area contributed by atoms with Crippen LogP contribution in [-0.2, 0) is 0 Å². The fourth-order valence-electron chi connectivity index (χ4n) is 1.07. The van der Waals surface area contributed by atoms with Gasteiger partial charge in [-0.15, -0.1) is 0 Å². The lowest BCUT2D eigenvalue weighted by atomic mass is 9.91. The topological polar surface area (TPSA) is 86.2 Å². The van der Waals surface area contributed by atoms with Gasteiger partial charge in [-0.25, -0.2) is 0 Å². The summed E-state index contributed by atoms with van der Waals surface area (Å²) in [5.74, 6) is -1.13. The molecule has 13 heavy (non-hydrogen) atoms. The summed E-state index contributed by atoms with van der Waals surface area (Å²) in [5, 5.41) is 0. The number of hydrogen-bond acceptors (Lipinski definition) is 2. The van der Waals surface area contributed by atoms with Gasteiger partial charge in [-0.05, 0) is 6.07 Å². The van der Waals surface area contributed by atoms with E-state index in [1.54, 1.807) is 20.0 Å². The third kappa shape index (κ3) is 2.08. The van der Waals surface area contributed by atoms with Crippen molar-refractivity contribution in [2.75, 3.05) is 0 Å². The maximum Gasteiger partial charge on any atom is 0.248 e. The van der Waals surface area contributed by atoms with Crippen LogP contribution in [-0.4, -0.2) is 19.7 Å². The molecular formula is C8H9BN2O2. The van der Waals surface area contributed by atoms with Gasteiger partial charge in [0.15, 0.2) is 0 Å². The van der Waals surface area contributed by atoms with Crippen LogP contribution >= 0.6 is 0 Å². The van der Waals surface area contributed by atoms with Crippen LogP contribution in [0.15, 0.2) is 18.2 Å². The Hall–Kier alpha value is -1.78. The lowest BCUT2D eigenvalue weighted by Crippen LogP contribution is -2.19. The standard InChI is InChI=1S/C8H9BN2O2/c9-6-2-4(7(10)12)1-5(3-6)8(11)13/h1-3H,9H2,(H2,10,12)(H2,11,13). The van der Waals surface area contributed by atoms with Gasteiger partial charge in [0.2, 0.25) is 11.8 Å². The second-order valence-corrected chi connectivity index (χ2v) is 2.82. The zero-order chi connectivity index (χ0) is 10.0. The second-order valence-electron chi connectivity index (χ2n) is 2.82. The highest BCUT2D eigenvalue weighted by atomic mass is 16.1. The summed E-state index contributed by atoms with van der Waals surface area (Å²) in [7, 11) is 1.76. The van der Waals surface area contributed by atoms with Crippen molar-refractivity contribution in [3.8, 4) is 0 Å². The molecule has 0 unspecified atom stereocenters. The van der Waals surface area contributed by atoms with E-state index in [4.69, 9.17) is 11.5 Å². The number of hydrogen-bond donors (Lipinski definition) is 2. The van der Waals surface area contributed by atoms with Crippen LogP contribution in [0.1, 0.15) is 20.7 Å². The summed E-state index contributed by atoms with van der Waals surface area (Å²) in [6.45, 7) is 0. The van der Waals surface area contributed by atoms with Crippen LogP contribution in [0.4, 0.5) is 0 Å². The SMILES string of the molecule is Bc1cc(C(N)=O)cc(C(N)=O)c1. The first-order valence-corrected chi connectivity index (χ1v) is 3.72. The largest absolute Gasteiger partial charge is 0.366 e. The molecule has 5 heteroatoms. The first-order chi connectivity index (χ1) is 6.00. The number of amides is 2. The number of benzene rings is 1. The van der Waals surface area contributed by atoms with Crippen molar-refractivity contribution in [2.45, 2.75) is 0 Å². The summed E-state index contributed by atoms with van der Waals surface area (Å²) in [4.78, 5) is 21.6. The molecule has 0 spiro atoms. The number of carbonyl (C=O) groups excluding carboxylic acids is 2. The van der Waals surface area contributed by atoms with E-state index in [-0.39, 0.29) is 0 Å². The molecule has 4 nitrogen and oxygen atoms in total. The maximum atomic E-state index is 10.8. The minimum Gasteiger partial charge on any atom is -0.366 e. The normalized spacial score (nSPS) is 9.54. The van der Waals surface area contributed by atoms with Gasteiger partial charge in [0, 0.05) is 11.1 Å². The number of carbonyl (C=O) groups is 2. The molecule has 0 heterocycles. The van der Waals surface area contributed by atoms with Crippen molar-refractivity contribution in [2.24, 2.45) is 11.5 Å². The highest BCUT2D eigenvalue weighted by Crippen LogP contribution is 2.01. The lowest BCUT2D eigenvalue weighted by molar-refractivity contribution is 0.0999. The van der Waals surface area contributed by atoms with E-state index in [1.165, 1.54) is 6.07 Å². The van der Waals surface area contributed by atoms with Gasteiger partial charge in [-0.1, -0.05) is 17.6 Å². The summed E-state index contributed by atoms with van der Waals surface area (Å²) >= 11 is 0. The van der Waals surface area contributed by atoms with E-state index >= 15 is 0 Å². The molecule has 4 N–H and O–H groups in total. The molecule has 1 rings (SSSR count). The van der Waals surface area contributed by atoms with Crippen LogP contribution in [0.25, 0.3) is 0 Å². The molecule has 0 aliphatic heterocycles. The van der Waals surface area contributed by atoms with E-state index in [2.05, 4.69) is 0 Å². The summed E-state index contributed by atoms with van der Waals surface area (Å²) in [5.41, 5.74) is 11.5. The predicted octanol–water partition coefficient (Wildman–Crippen LogP) is -1.86. The zero-order valence-corrected chi connectivity index (χ0v) is 7.20. The Morgan fingerprint density at radius 2 is 1.38 bits per heavy atom. The fourth-order valence-corrected chi connectivity index (χ4v) is 1.07. The Kier molecular flexibility index (Phi) is 2.37. The molecule has 0 saturated carbocycles. The van der Waals surface area contributed by atoms with Gasteiger partial charge >= 0.3 is 0 Å². The van der Waals surface area contributed by atoms with Crippen molar-refractivity contribution in [1.82, 2.24) is 0 Å². The van der Waals surface area contributed by atoms with Crippen molar-refractivity contribution >= 4 is 25.1 Å². The molecule has 66 valence electrons. The Labute approximate surface area is 76.3 Å². The molecule has 1 aromatic rings. The minimum atomic E-state index is -0.564. The molecular weight excluding hydrogens is 167 g/mol. The Bertz CT molecular complexity index is 344. The van der Waals surface area contributed by atoms with Crippen LogP contribution in [0, 0.1) is 0 Å². The van der Waals surface area contributed by atoms with E-state index in [0.29, 0.717) is 11.1 Å². The molecule has 0 bridgehead atoms. The second kappa shape index (κ2) is 3.31. The van der Waals surface area contributed by atoms with E-state index in [9.17, 15) is 9.59 Å². The van der Waals surface area contributed by atoms with Crippen LogP contribution in [0.2, 0.25) is 0 Å². The molecule has 2 amide bonds. The Balaban J connectivity index is 3.26. The highest BCUT2D eigenvalue weighted by molar-refractivity contribution is 6.33. The molecule has 1 aromatic carbocycles. The van der Waals surface area contributed by atoms with E-state index < -0.39 is 11.8 Å². The number of rotatable bonds is 2. The number of nitrogens with two attached hydrogens (primary N) is 2. The predicted molar refractivity (Wildman–Crippen MR) is 51.7 cm³/mol. The van der Waals surface area contributed by atoms with Gasteiger partial charge < -0.3 is 11.5 Å². The highest BCUT2D eigenvalue weighted by Gasteiger charge is 2.06. The monoisotopic (exact) mass is 176 g/mol. The summed E-state index contributed by atoms with van der Waals surface area (Å²) in [6.07, 6.45) is 0. The summed E-state index contributed by atoms with van der Waals surface area (Å²) < 4.78 is 0. The Morgan fingerprint density at radius 3 is 1.69 bits per heavy atom. The van der Waals surface area contributed by atoms with Crippen LogP contribution in [0.5, 0.6) is 0 Å². The van der Waals surface area contributed by atoms with Gasteiger partial charge in [-0.2, -0.15) is 0 Å². The quantitative estimate of drug-likeness (QED) is 0.517. The number of primary amides is 2. The average molecular weight is 176 g/mol. The van der Waals surface area contributed by atoms with Gasteiger partial charge in [0.05, 0.1) is 0 Å².